The highest BCUT2D eigenvalue weighted by Gasteiger charge is 2.08. The Hall–Kier alpha value is -2.08. The number of halogens is 2. The summed E-state index contributed by atoms with van der Waals surface area (Å²) in [5, 5.41) is 12.5. The topological polar surface area (TPSA) is 75.4 Å². The molecule has 0 saturated heterocycles. The van der Waals surface area contributed by atoms with Crippen molar-refractivity contribution in [3.05, 3.63) is 57.8 Å². The van der Waals surface area contributed by atoms with Gasteiger partial charge in [-0.1, -0.05) is 15.9 Å². The van der Waals surface area contributed by atoms with Crippen LogP contribution >= 0.6 is 15.9 Å². The fraction of sp³-hybridized carbons (Fsp3) is 0.0714. The first-order valence-corrected chi connectivity index (χ1v) is 6.57. The van der Waals surface area contributed by atoms with Gasteiger partial charge in [0.15, 0.2) is 0 Å². The minimum Gasteiger partial charge on any atom is -0.508 e. The van der Waals surface area contributed by atoms with E-state index in [0.717, 1.165) is 4.47 Å². The van der Waals surface area contributed by atoms with Gasteiger partial charge in [-0.25, -0.2) is 4.39 Å². The smallest absolute Gasteiger partial charge is 0.248 e. The second kappa shape index (κ2) is 5.92. The van der Waals surface area contributed by atoms with Gasteiger partial charge in [-0.3, -0.25) is 4.79 Å². The van der Waals surface area contributed by atoms with E-state index in [2.05, 4.69) is 21.2 Å². The van der Waals surface area contributed by atoms with E-state index in [1.807, 2.05) is 0 Å². The third kappa shape index (κ3) is 3.27. The number of phenols is 1. The van der Waals surface area contributed by atoms with Crippen molar-refractivity contribution in [1.82, 2.24) is 0 Å². The number of amides is 1. The summed E-state index contributed by atoms with van der Waals surface area (Å²) in [7, 11) is 0. The Labute approximate surface area is 123 Å². The van der Waals surface area contributed by atoms with Crippen molar-refractivity contribution in [2.24, 2.45) is 5.73 Å². The maximum atomic E-state index is 13.6. The molecule has 0 aliphatic heterocycles. The summed E-state index contributed by atoms with van der Waals surface area (Å²) in [6, 6.07) is 8.79. The van der Waals surface area contributed by atoms with Crippen LogP contribution in [-0.4, -0.2) is 11.0 Å². The zero-order valence-electron chi connectivity index (χ0n) is 10.4. The minimum atomic E-state index is -0.627. The number of carbonyl (C=O) groups excluding carboxylic acids is 1. The minimum absolute atomic E-state index is 0.104. The Morgan fingerprint density at radius 1 is 1.30 bits per heavy atom. The zero-order chi connectivity index (χ0) is 14.7. The number of carbonyl (C=O) groups is 1. The van der Waals surface area contributed by atoms with E-state index in [9.17, 15) is 14.3 Å². The fourth-order valence-corrected chi connectivity index (χ4v) is 2.11. The van der Waals surface area contributed by atoms with Crippen molar-refractivity contribution >= 4 is 27.5 Å². The monoisotopic (exact) mass is 338 g/mol. The highest BCUT2D eigenvalue weighted by atomic mass is 79.9. The Bertz CT molecular complexity index is 662. The molecular formula is C14H12BrFN2O2. The molecule has 0 spiro atoms. The van der Waals surface area contributed by atoms with Crippen LogP contribution in [0.1, 0.15) is 15.9 Å². The van der Waals surface area contributed by atoms with Crippen molar-refractivity contribution in [2.75, 3.05) is 5.32 Å². The maximum Gasteiger partial charge on any atom is 0.248 e. The molecule has 0 saturated carbocycles. The van der Waals surface area contributed by atoms with Gasteiger partial charge in [-0.15, -0.1) is 0 Å². The fourth-order valence-electron chi connectivity index (χ4n) is 1.70. The molecule has 20 heavy (non-hydrogen) atoms. The Morgan fingerprint density at radius 2 is 2.05 bits per heavy atom. The molecule has 0 radical (unpaired) electrons. The van der Waals surface area contributed by atoms with Crippen molar-refractivity contribution < 1.29 is 14.3 Å². The van der Waals surface area contributed by atoms with Crippen molar-refractivity contribution in [2.45, 2.75) is 6.54 Å². The molecule has 6 heteroatoms. The standard InChI is InChI=1S/C14H12BrFN2O2/c15-10-2-4-13(19)9(5-10)7-18-12-6-8(14(17)20)1-3-11(12)16/h1-6,18-19H,7H2,(H2,17,20). The third-order valence-electron chi connectivity index (χ3n) is 2.76. The van der Waals surface area contributed by atoms with Crippen molar-refractivity contribution in [3.8, 4) is 5.75 Å². The van der Waals surface area contributed by atoms with Crippen LogP contribution in [0.3, 0.4) is 0 Å². The lowest BCUT2D eigenvalue weighted by molar-refractivity contribution is 0.100. The van der Waals surface area contributed by atoms with Gasteiger partial charge in [0.05, 0.1) is 5.69 Å². The SMILES string of the molecule is NC(=O)c1ccc(F)c(NCc2cc(Br)ccc2O)c1. The molecule has 2 aromatic carbocycles. The van der Waals surface area contributed by atoms with Crippen LogP contribution in [0.5, 0.6) is 5.75 Å². The Balaban J connectivity index is 2.20. The van der Waals surface area contributed by atoms with E-state index in [-0.39, 0.29) is 23.5 Å². The second-order valence-electron chi connectivity index (χ2n) is 4.19. The number of rotatable bonds is 4. The summed E-state index contributed by atoms with van der Waals surface area (Å²) in [4.78, 5) is 11.1. The first kappa shape index (κ1) is 14.3. The predicted molar refractivity (Wildman–Crippen MR) is 78.1 cm³/mol. The molecule has 0 aromatic heterocycles. The zero-order valence-corrected chi connectivity index (χ0v) is 11.9. The summed E-state index contributed by atoms with van der Waals surface area (Å²) in [6.07, 6.45) is 0. The molecule has 104 valence electrons. The van der Waals surface area contributed by atoms with Gasteiger partial charge in [0.1, 0.15) is 11.6 Å². The van der Waals surface area contributed by atoms with Crippen LogP contribution < -0.4 is 11.1 Å². The average Bonchev–Trinajstić information content (AvgIpc) is 2.41. The number of phenolic OH excluding ortho intramolecular Hbond substituents is 1. The molecule has 0 fully saturated rings. The molecule has 0 aliphatic rings. The van der Waals surface area contributed by atoms with E-state index >= 15 is 0 Å². The largest absolute Gasteiger partial charge is 0.508 e. The normalized spacial score (nSPS) is 10.3. The number of nitrogens with two attached hydrogens (primary N) is 1. The molecule has 4 nitrogen and oxygen atoms in total. The molecule has 2 aromatic rings. The van der Waals surface area contributed by atoms with Crippen molar-refractivity contribution in [1.29, 1.82) is 0 Å². The van der Waals surface area contributed by atoms with Gasteiger partial charge in [0, 0.05) is 22.1 Å². The van der Waals surface area contributed by atoms with Crippen LogP contribution in [0.4, 0.5) is 10.1 Å². The van der Waals surface area contributed by atoms with Crippen LogP contribution in [0.25, 0.3) is 0 Å². The lowest BCUT2D eigenvalue weighted by Crippen LogP contribution is -2.12. The molecule has 0 bridgehead atoms. The van der Waals surface area contributed by atoms with Gasteiger partial charge in [0.25, 0.3) is 0 Å². The van der Waals surface area contributed by atoms with E-state index in [4.69, 9.17) is 5.73 Å². The van der Waals surface area contributed by atoms with Gasteiger partial charge >= 0.3 is 0 Å². The van der Waals surface area contributed by atoms with Gasteiger partial charge in [0.2, 0.25) is 5.91 Å². The number of primary amides is 1. The number of anilines is 1. The quantitative estimate of drug-likeness (QED) is 0.802. The molecule has 2 rings (SSSR count). The summed E-state index contributed by atoms with van der Waals surface area (Å²) in [5.41, 5.74) is 6.12. The van der Waals surface area contributed by atoms with Crippen molar-refractivity contribution in [3.63, 3.8) is 0 Å². The Morgan fingerprint density at radius 3 is 2.75 bits per heavy atom. The van der Waals surface area contributed by atoms with E-state index in [0.29, 0.717) is 5.56 Å². The molecule has 0 atom stereocenters. The number of aromatic hydroxyl groups is 1. The van der Waals surface area contributed by atoms with Crippen LogP contribution in [0.15, 0.2) is 40.9 Å². The number of benzene rings is 2. The lowest BCUT2D eigenvalue weighted by Gasteiger charge is -2.10. The number of hydrogen-bond acceptors (Lipinski definition) is 3. The summed E-state index contributed by atoms with van der Waals surface area (Å²) in [5.74, 6) is -1.02. The van der Waals surface area contributed by atoms with Gasteiger partial charge < -0.3 is 16.2 Å². The van der Waals surface area contributed by atoms with Crippen LogP contribution in [-0.2, 0) is 6.54 Å². The summed E-state index contributed by atoms with van der Waals surface area (Å²) in [6.45, 7) is 0.213. The first-order chi connectivity index (χ1) is 9.47. The highest BCUT2D eigenvalue weighted by Crippen LogP contribution is 2.24. The highest BCUT2D eigenvalue weighted by molar-refractivity contribution is 9.10. The van der Waals surface area contributed by atoms with E-state index < -0.39 is 11.7 Å². The van der Waals surface area contributed by atoms with E-state index in [1.165, 1.54) is 24.3 Å². The molecule has 4 N–H and O–H groups in total. The summed E-state index contributed by atoms with van der Waals surface area (Å²) < 4.78 is 14.4. The molecule has 0 heterocycles. The van der Waals surface area contributed by atoms with E-state index in [1.54, 1.807) is 12.1 Å². The van der Waals surface area contributed by atoms with Gasteiger partial charge in [-0.2, -0.15) is 0 Å². The van der Waals surface area contributed by atoms with Gasteiger partial charge in [-0.05, 0) is 36.4 Å². The Kier molecular flexibility index (Phi) is 4.24. The molecule has 1 amide bonds. The third-order valence-corrected chi connectivity index (χ3v) is 3.25. The van der Waals surface area contributed by atoms with Crippen LogP contribution in [0, 0.1) is 5.82 Å². The number of nitrogens with one attached hydrogen (secondary N) is 1. The lowest BCUT2D eigenvalue weighted by atomic mass is 10.1. The molecule has 0 unspecified atom stereocenters. The average molecular weight is 339 g/mol. The predicted octanol–water partition coefficient (Wildman–Crippen LogP) is 3.00. The number of hydrogen-bond donors (Lipinski definition) is 3. The molecular weight excluding hydrogens is 327 g/mol. The first-order valence-electron chi connectivity index (χ1n) is 5.78. The van der Waals surface area contributed by atoms with Crippen LogP contribution in [0.2, 0.25) is 0 Å². The second-order valence-corrected chi connectivity index (χ2v) is 5.10. The summed E-state index contributed by atoms with van der Waals surface area (Å²) >= 11 is 3.29. The maximum absolute atomic E-state index is 13.6. The molecule has 0 aliphatic carbocycles.